The highest BCUT2D eigenvalue weighted by Gasteiger charge is 2.45. The van der Waals surface area contributed by atoms with Gasteiger partial charge < -0.3 is 54.7 Å². The molecule has 0 radical (unpaired) electrons. The SMILES string of the molecule is O=c1cc(-c2ccc(O)c(O)c2)oc2cc(O[C@@H]3O[C@@H](CO)[C@H](O)[C@H](O)[C@H]3O)c(O)c(O)c12. The van der Waals surface area contributed by atoms with Crippen molar-refractivity contribution in [3.8, 4) is 40.1 Å². The summed E-state index contributed by atoms with van der Waals surface area (Å²) in [5.74, 6) is -3.18. The fourth-order valence-electron chi connectivity index (χ4n) is 3.47. The Hall–Kier alpha value is -3.55. The van der Waals surface area contributed by atoms with E-state index in [1.807, 2.05) is 0 Å². The van der Waals surface area contributed by atoms with Gasteiger partial charge in [0.2, 0.25) is 12.0 Å². The molecule has 8 N–H and O–H groups in total. The highest BCUT2D eigenvalue weighted by molar-refractivity contribution is 5.89. The van der Waals surface area contributed by atoms with Crippen LogP contribution in [0.3, 0.4) is 0 Å². The molecule has 2 aromatic carbocycles. The Kier molecular flexibility index (Phi) is 5.78. The van der Waals surface area contributed by atoms with Crippen LogP contribution in [0.25, 0.3) is 22.3 Å². The second kappa shape index (κ2) is 8.42. The molecule has 0 bridgehead atoms. The van der Waals surface area contributed by atoms with E-state index in [1.165, 1.54) is 12.1 Å². The summed E-state index contributed by atoms with van der Waals surface area (Å²) < 4.78 is 16.2. The van der Waals surface area contributed by atoms with Gasteiger partial charge in [-0.25, -0.2) is 0 Å². The van der Waals surface area contributed by atoms with Crippen LogP contribution < -0.4 is 10.2 Å². The van der Waals surface area contributed by atoms with Gasteiger partial charge in [0.25, 0.3) is 0 Å². The minimum absolute atomic E-state index is 0.0494. The van der Waals surface area contributed by atoms with E-state index in [4.69, 9.17) is 13.9 Å². The second-order valence-electron chi connectivity index (χ2n) is 7.44. The van der Waals surface area contributed by atoms with Gasteiger partial charge in [-0.1, -0.05) is 0 Å². The molecule has 0 saturated carbocycles. The zero-order valence-electron chi connectivity index (χ0n) is 16.7. The summed E-state index contributed by atoms with van der Waals surface area (Å²) in [5.41, 5.74) is -0.778. The van der Waals surface area contributed by atoms with Crippen LogP contribution in [0.2, 0.25) is 0 Å². The molecule has 5 atom stereocenters. The van der Waals surface area contributed by atoms with Crippen molar-refractivity contribution in [2.24, 2.45) is 0 Å². The van der Waals surface area contributed by atoms with Crippen LogP contribution in [0.5, 0.6) is 28.7 Å². The molecule has 176 valence electrons. The van der Waals surface area contributed by atoms with Crippen molar-refractivity contribution < 1.29 is 54.7 Å². The first kappa shape index (κ1) is 22.6. The fourth-order valence-corrected chi connectivity index (χ4v) is 3.47. The summed E-state index contributed by atoms with van der Waals surface area (Å²) in [4.78, 5) is 12.6. The van der Waals surface area contributed by atoms with Crippen molar-refractivity contribution in [2.75, 3.05) is 6.61 Å². The zero-order chi connectivity index (χ0) is 24.0. The first-order valence-corrected chi connectivity index (χ1v) is 9.64. The van der Waals surface area contributed by atoms with Crippen LogP contribution in [-0.4, -0.2) is 78.2 Å². The molecule has 33 heavy (non-hydrogen) atoms. The van der Waals surface area contributed by atoms with Gasteiger partial charge in [0.05, 0.1) is 6.61 Å². The smallest absolute Gasteiger partial charge is 0.229 e. The molecular formula is C21H20O12. The quantitative estimate of drug-likeness (QED) is 0.229. The Bertz CT molecular complexity index is 1250. The topological polar surface area (TPSA) is 211 Å². The van der Waals surface area contributed by atoms with Gasteiger partial charge in [-0.15, -0.1) is 0 Å². The third-order valence-corrected chi connectivity index (χ3v) is 5.28. The third-order valence-electron chi connectivity index (χ3n) is 5.28. The van der Waals surface area contributed by atoms with Gasteiger partial charge in [0.1, 0.15) is 41.1 Å². The molecular weight excluding hydrogens is 444 g/mol. The van der Waals surface area contributed by atoms with Crippen LogP contribution in [-0.2, 0) is 4.74 Å². The molecule has 1 aliphatic rings. The van der Waals surface area contributed by atoms with E-state index in [0.29, 0.717) is 0 Å². The molecule has 0 aliphatic carbocycles. The molecule has 1 aromatic heterocycles. The van der Waals surface area contributed by atoms with Crippen molar-refractivity contribution in [3.05, 3.63) is 40.6 Å². The molecule has 1 fully saturated rings. The predicted octanol–water partition coefficient (Wildman–Crippen LogP) is -0.539. The van der Waals surface area contributed by atoms with E-state index in [9.17, 15) is 45.6 Å². The highest BCUT2D eigenvalue weighted by atomic mass is 16.7. The first-order chi connectivity index (χ1) is 15.6. The van der Waals surface area contributed by atoms with Gasteiger partial charge in [-0.2, -0.15) is 0 Å². The Morgan fingerprint density at radius 2 is 1.61 bits per heavy atom. The van der Waals surface area contributed by atoms with Crippen molar-refractivity contribution in [2.45, 2.75) is 30.7 Å². The molecule has 0 unspecified atom stereocenters. The number of hydrogen-bond acceptors (Lipinski definition) is 12. The molecule has 0 spiro atoms. The highest BCUT2D eigenvalue weighted by Crippen LogP contribution is 2.43. The standard InChI is InChI=1S/C21H20O12/c22-6-14-17(27)19(29)20(30)21(33-14)32-13-5-12-15(18(28)16(13)26)10(25)4-11(31-12)7-1-2-8(23)9(24)3-7/h1-5,14,17,19-24,26-30H,6H2/t14-,17-,19-,20+,21+/m0/s1. The van der Waals surface area contributed by atoms with Crippen molar-refractivity contribution in [1.82, 2.24) is 0 Å². The number of phenolic OH excluding ortho intramolecular Hbond substituents is 4. The maximum absolute atomic E-state index is 12.6. The Balaban J connectivity index is 1.77. The summed E-state index contributed by atoms with van der Waals surface area (Å²) in [6.45, 7) is -0.711. The lowest BCUT2D eigenvalue weighted by Gasteiger charge is -2.39. The maximum Gasteiger partial charge on any atom is 0.229 e. The van der Waals surface area contributed by atoms with Crippen LogP contribution in [0, 0.1) is 0 Å². The van der Waals surface area contributed by atoms with Crippen molar-refractivity contribution in [1.29, 1.82) is 0 Å². The van der Waals surface area contributed by atoms with E-state index in [0.717, 1.165) is 18.2 Å². The molecule has 4 rings (SSSR count). The van der Waals surface area contributed by atoms with E-state index in [1.54, 1.807) is 0 Å². The number of aliphatic hydroxyl groups is 4. The lowest BCUT2D eigenvalue weighted by Crippen LogP contribution is -2.60. The molecule has 2 heterocycles. The Morgan fingerprint density at radius 1 is 0.879 bits per heavy atom. The zero-order valence-corrected chi connectivity index (χ0v) is 16.7. The van der Waals surface area contributed by atoms with Crippen LogP contribution in [0.15, 0.2) is 39.5 Å². The van der Waals surface area contributed by atoms with Gasteiger partial charge >= 0.3 is 0 Å². The minimum atomic E-state index is -1.79. The van der Waals surface area contributed by atoms with Crippen LogP contribution in [0.4, 0.5) is 0 Å². The Morgan fingerprint density at radius 3 is 2.27 bits per heavy atom. The number of hydrogen-bond donors (Lipinski definition) is 8. The van der Waals surface area contributed by atoms with Gasteiger partial charge in [0, 0.05) is 17.7 Å². The number of benzene rings is 2. The fraction of sp³-hybridized carbons (Fsp3) is 0.286. The van der Waals surface area contributed by atoms with Gasteiger partial charge in [-0.3, -0.25) is 4.79 Å². The summed E-state index contributed by atoms with van der Waals surface area (Å²) in [5, 5.41) is 78.6. The summed E-state index contributed by atoms with van der Waals surface area (Å²) >= 11 is 0. The van der Waals surface area contributed by atoms with Crippen molar-refractivity contribution >= 4 is 11.0 Å². The van der Waals surface area contributed by atoms with Crippen molar-refractivity contribution in [3.63, 3.8) is 0 Å². The van der Waals surface area contributed by atoms with E-state index >= 15 is 0 Å². The molecule has 1 aliphatic heterocycles. The van der Waals surface area contributed by atoms with Crippen LogP contribution in [0.1, 0.15) is 0 Å². The summed E-state index contributed by atoms with van der Waals surface area (Å²) in [7, 11) is 0. The number of fused-ring (bicyclic) bond motifs is 1. The molecule has 1 saturated heterocycles. The predicted molar refractivity (Wildman–Crippen MR) is 109 cm³/mol. The molecule has 3 aromatic rings. The molecule has 12 heteroatoms. The number of aliphatic hydroxyl groups excluding tert-OH is 4. The number of ether oxygens (including phenoxy) is 2. The Labute approximate surface area is 184 Å². The van der Waals surface area contributed by atoms with E-state index in [-0.39, 0.29) is 28.0 Å². The van der Waals surface area contributed by atoms with Gasteiger partial charge in [-0.05, 0) is 18.2 Å². The summed E-state index contributed by atoms with van der Waals surface area (Å²) in [6, 6.07) is 5.72. The second-order valence-corrected chi connectivity index (χ2v) is 7.44. The molecule has 0 amide bonds. The maximum atomic E-state index is 12.6. The average molecular weight is 464 g/mol. The third kappa shape index (κ3) is 3.90. The largest absolute Gasteiger partial charge is 0.504 e. The lowest BCUT2D eigenvalue weighted by molar-refractivity contribution is -0.277. The van der Waals surface area contributed by atoms with E-state index < -0.39 is 65.7 Å². The van der Waals surface area contributed by atoms with Crippen LogP contribution >= 0.6 is 0 Å². The minimum Gasteiger partial charge on any atom is -0.504 e. The average Bonchev–Trinajstić information content (AvgIpc) is 2.78. The number of rotatable bonds is 4. The number of phenols is 4. The first-order valence-electron chi connectivity index (χ1n) is 9.64. The number of aromatic hydroxyl groups is 4. The van der Waals surface area contributed by atoms with E-state index in [2.05, 4.69) is 0 Å². The summed E-state index contributed by atoms with van der Waals surface area (Å²) in [6.07, 6.45) is -8.13. The molecule has 12 nitrogen and oxygen atoms in total. The monoisotopic (exact) mass is 464 g/mol. The lowest BCUT2D eigenvalue weighted by atomic mass is 9.99. The van der Waals surface area contributed by atoms with Gasteiger partial charge in [0.15, 0.2) is 28.4 Å². The normalized spacial score (nSPS) is 25.3.